The van der Waals surface area contributed by atoms with Crippen LogP contribution in [0.5, 0.6) is 11.5 Å². The summed E-state index contributed by atoms with van der Waals surface area (Å²) in [6.45, 7) is 1.30. The predicted molar refractivity (Wildman–Crippen MR) is 102 cm³/mol. The maximum atomic E-state index is 12.0. The number of aryl methyl sites for hydroxylation is 1. The molecular formula is C19H23NO6S. The molecule has 0 heterocycles. The van der Waals surface area contributed by atoms with Gasteiger partial charge in [-0.1, -0.05) is 24.3 Å². The number of carbonyl (C=O) groups excluding carboxylic acids is 1. The molecule has 0 saturated carbocycles. The van der Waals surface area contributed by atoms with Crippen molar-refractivity contribution in [3.63, 3.8) is 0 Å². The molecular weight excluding hydrogens is 370 g/mol. The Labute approximate surface area is 158 Å². The minimum atomic E-state index is -3.72. The quantitative estimate of drug-likeness (QED) is 0.491. The van der Waals surface area contributed by atoms with E-state index in [9.17, 15) is 18.3 Å². The van der Waals surface area contributed by atoms with Crippen LogP contribution in [0.1, 0.15) is 18.9 Å². The molecule has 0 spiro atoms. The SMILES string of the molecule is COc1cc(O)ccc1-c1ccc(CCC(C)(C(=O)NO)S(C)(=O)=O)cc1. The Bertz CT molecular complexity index is 924. The van der Waals surface area contributed by atoms with Crippen molar-refractivity contribution in [3.05, 3.63) is 48.0 Å². The Morgan fingerprint density at radius 2 is 1.81 bits per heavy atom. The topological polar surface area (TPSA) is 113 Å². The average molecular weight is 393 g/mol. The average Bonchev–Trinajstić information content (AvgIpc) is 2.64. The summed E-state index contributed by atoms with van der Waals surface area (Å²) in [4.78, 5) is 11.9. The first kappa shape index (κ1) is 20.7. The van der Waals surface area contributed by atoms with E-state index in [2.05, 4.69) is 0 Å². The fraction of sp³-hybridized carbons (Fsp3) is 0.316. The molecule has 0 radical (unpaired) electrons. The number of phenols is 1. The lowest BCUT2D eigenvalue weighted by Gasteiger charge is -2.25. The molecule has 7 nitrogen and oxygen atoms in total. The Morgan fingerprint density at radius 1 is 1.19 bits per heavy atom. The summed E-state index contributed by atoms with van der Waals surface area (Å²) in [6.07, 6.45) is 1.34. The van der Waals surface area contributed by atoms with Crippen molar-refractivity contribution in [2.45, 2.75) is 24.5 Å². The van der Waals surface area contributed by atoms with Gasteiger partial charge in [0.05, 0.1) is 7.11 Å². The van der Waals surface area contributed by atoms with Crippen LogP contribution < -0.4 is 10.2 Å². The highest BCUT2D eigenvalue weighted by molar-refractivity contribution is 7.92. The van der Waals surface area contributed by atoms with Crippen molar-refractivity contribution in [2.75, 3.05) is 13.4 Å². The number of ether oxygens (including phenoxy) is 1. The second kappa shape index (κ2) is 7.98. The molecule has 1 atom stereocenters. The predicted octanol–water partition coefficient (Wildman–Crippen LogP) is 2.31. The lowest BCUT2D eigenvalue weighted by Crippen LogP contribution is -2.49. The number of rotatable bonds is 7. The maximum absolute atomic E-state index is 12.0. The second-order valence-electron chi connectivity index (χ2n) is 6.53. The monoisotopic (exact) mass is 393 g/mol. The van der Waals surface area contributed by atoms with E-state index in [1.807, 2.05) is 24.3 Å². The number of aromatic hydroxyl groups is 1. The van der Waals surface area contributed by atoms with Crippen LogP contribution in [0.4, 0.5) is 0 Å². The van der Waals surface area contributed by atoms with Gasteiger partial charge in [0, 0.05) is 17.9 Å². The van der Waals surface area contributed by atoms with Gasteiger partial charge in [-0.15, -0.1) is 0 Å². The van der Waals surface area contributed by atoms with E-state index < -0.39 is 20.5 Å². The number of sulfone groups is 1. The van der Waals surface area contributed by atoms with Crippen LogP contribution in [-0.2, 0) is 21.1 Å². The van der Waals surface area contributed by atoms with Crippen molar-refractivity contribution < 1.29 is 28.3 Å². The summed E-state index contributed by atoms with van der Waals surface area (Å²) >= 11 is 0. The van der Waals surface area contributed by atoms with Crippen molar-refractivity contribution in [1.29, 1.82) is 0 Å². The number of methoxy groups -OCH3 is 1. The van der Waals surface area contributed by atoms with E-state index in [4.69, 9.17) is 9.94 Å². The highest BCUT2D eigenvalue weighted by Gasteiger charge is 2.43. The largest absolute Gasteiger partial charge is 0.508 e. The number of hydrogen-bond donors (Lipinski definition) is 3. The van der Waals surface area contributed by atoms with Crippen molar-refractivity contribution in [1.82, 2.24) is 5.48 Å². The van der Waals surface area contributed by atoms with E-state index in [-0.39, 0.29) is 12.2 Å². The molecule has 146 valence electrons. The Kier molecular flexibility index (Phi) is 6.12. The van der Waals surface area contributed by atoms with E-state index >= 15 is 0 Å². The van der Waals surface area contributed by atoms with Crippen LogP contribution in [0.3, 0.4) is 0 Å². The zero-order chi connectivity index (χ0) is 20.2. The number of hydroxylamine groups is 1. The van der Waals surface area contributed by atoms with Gasteiger partial charge in [-0.3, -0.25) is 10.0 Å². The molecule has 2 aromatic rings. The van der Waals surface area contributed by atoms with Crippen molar-refractivity contribution >= 4 is 15.7 Å². The smallest absolute Gasteiger partial charge is 0.264 e. The minimum Gasteiger partial charge on any atom is -0.508 e. The molecule has 2 aromatic carbocycles. The Hall–Kier alpha value is -2.58. The van der Waals surface area contributed by atoms with Gasteiger partial charge < -0.3 is 9.84 Å². The molecule has 0 aliphatic rings. The van der Waals surface area contributed by atoms with E-state index in [1.165, 1.54) is 25.6 Å². The van der Waals surface area contributed by atoms with E-state index in [1.54, 1.807) is 12.1 Å². The molecule has 2 rings (SSSR count). The highest BCUT2D eigenvalue weighted by atomic mass is 32.2. The van der Waals surface area contributed by atoms with Gasteiger partial charge in [0.15, 0.2) is 9.84 Å². The molecule has 27 heavy (non-hydrogen) atoms. The van der Waals surface area contributed by atoms with Gasteiger partial charge >= 0.3 is 0 Å². The van der Waals surface area contributed by atoms with Gasteiger partial charge in [-0.25, -0.2) is 13.9 Å². The van der Waals surface area contributed by atoms with Crippen molar-refractivity contribution in [2.24, 2.45) is 0 Å². The molecule has 0 aliphatic carbocycles. The Morgan fingerprint density at radius 3 is 2.33 bits per heavy atom. The molecule has 0 fully saturated rings. The van der Waals surface area contributed by atoms with Crippen LogP contribution in [0.2, 0.25) is 0 Å². The maximum Gasteiger partial charge on any atom is 0.264 e. The number of nitrogens with one attached hydrogen (secondary N) is 1. The molecule has 1 unspecified atom stereocenters. The third-order valence-electron chi connectivity index (χ3n) is 4.74. The van der Waals surface area contributed by atoms with Crippen molar-refractivity contribution in [3.8, 4) is 22.6 Å². The van der Waals surface area contributed by atoms with Gasteiger partial charge in [0.2, 0.25) is 0 Å². The molecule has 8 heteroatoms. The summed E-state index contributed by atoms with van der Waals surface area (Å²) in [7, 11) is -2.20. The molecule has 3 N–H and O–H groups in total. The standard InChI is InChI=1S/C19H23NO6S/c1-19(18(22)20-23,27(3,24)25)11-10-13-4-6-14(7-5-13)16-9-8-15(21)12-17(16)26-2/h4-9,12,21,23H,10-11H2,1-3H3,(H,20,22). The zero-order valence-electron chi connectivity index (χ0n) is 15.4. The summed E-state index contributed by atoms with van der Waals surface area (Å²) in [5.74, 6) is -0.308. The summed E-state index contributed by atoms with van der Waals surface area (Å²) in [5, 5.41) is 18.4. The zero-order valence-corrected chi connectivity index (χ0v) is 16.2. The third-order valence-corrected chi connectivity index (χ3v) is 6.77. The van der Waals surface area contributed by atoms with Gasteiger partial charge in [0.25, 0.3) is 5.91 Å². The fourth-order valence-corrected chi connectivity index (χ4v) is 3.59. The first-order valence-electron chi connectivity index (χ1n) is 8.23. The number of phenolic OH excluding ortho intramolecular Hbond substituents is 1. The summed E-state index contributed by atoms with van der Waals surface area (Å²) < 4.78 is 27.6. The summed E-state index contributed by atoms with van der Waals surface area (Å²) in [5.41, 5.74) is 3.97. The number of carbonyl (C=O) groups is 1. The lowest BCUT2D eigenvalue weighted by molar-refractivity contribution is -0.131. The lowest BCUT2D eigenvalue weighted by atomic mass is 9.97. The van der Waals surface area contributed by atoms with Crippen LogP contribution in [0.15, 0.2) is 42.5 Å². The number of hydrogen-bond acceptors (Lipinski definition) is 6. The molecule has 0 aliphatic heterocycles. The first-order valence-corrected chi connectivity index (χ1v) is 10.1. The van der Waals surface area contributed by atoms with E-state index in [0.29, 0.717) is 12.2 Å². The Balaban J connectivity index is 2.22. The van der Waals surface area contributed by atoms with Gasteiger partial charge in [-0.05, 0) is 43.0 Å². The third kappa shape index (κ3) is 4.40. The number of benzene rings is 2. The first-order chi connectivity index (χ1) is 12.6. The molecule has 0 aromatic heterocycles. The van der Waals surface area contributed by atoms with Gasteiger partial charge in [-0.2, -0.15) is 0 Å². The van der Waals surface area contributed by atoms with Crippen LogP contribution in [-0.4, -0.2) is 42.8 Å². The fourth-order valence-electron chi connectivity index (χ4n) is 2.74. The minimum absolute atomic E-state index is 0.0279. The molecule has 1 amide bonds. The highest BCUT2D eigenvalue weighted by Crippen LogP contribution is 2.33. The number of amides is 1. The molecule has 0 bridgehead atoms. The van der Waals surface area contributed by atoms with Crippen LogP contribution in [0, 0.1) is 0 Å². The van der Waals surface area contributed by atoms with Gasteiger partial charge in [0.1, 0.15) is 16.2 Å². The van der Waals surface area contributed by atoms with E-state index in [0.717, 1.165) is 22.9 Å². The summed E-state index contributed by atoms with van der Waals surface area (Å²) in [6, 6.07) is 12.2. The molecule has 0 saturated heterocycles. The normalized spacial score (nSPS) is 13.6. The van der Waals surface area contributed by atoms with Crippen LogP contribution in [0.25, 0.3) is 11.1 Å². The second-order valence-corrected chi connectivity index (χ2v) is 8.97. The van der Waals surface area contributed by atoms with Crippen LogP contribution >= 0.6 is 0 Å².